The molecule has 219 valence electrons. The summed E-state index contributed by atoms with van der Waals surface area (Å²) in [6.45, 7) is 9.43. The Morgan fingerprint density at radius 3 is 2.51 bits per heavy atom. The molecular formula is C34H35ClN2NaO4S. The van der Waals surface area contributed by atoms with Crippen molar-refractivity contribution < 1.29 is 19.4 Å². The average Bonchev–Trinajstić information content (AvgIpc) is 3.22. The monoisotopic (exact) mass is 625 g/mol. The molecule has 1 radical (unpaired) electrons. The second-order valence-electron chi connectivity index (χ2n) is 11.3. The molecule has 5 aromatic rings. The first-order valence-corrected chi connectivity index (χ1v) is 15.2. The summed E-state index contributed by atoms with van der Waals surface area (Å²) in [5.74, 6) is -0.206. The van der Waals surface area contributed by atoms with Crippen LogP contribution in [0.15, 0.2) is 83.8 Å². The minimum Gasteiger partial charge on any atom is -0.487 e. The van der Waals surface area contributed by atoms with E-state index in [0.29, 0.717) is 31.2 Å². The molecule has 2 heterocycles. The number of carbonyl (C=O) groups is 1. The number of thioether (sulfide) groups is 1. The number of rotatable bonds is 11. The zero-order chi connectivity index (χ0) is 29.9. The number of halogens is 1. The van der Waals surface area contributed by atoms with Crippen LogP contribution in [0.3, 0.4) is 0 Å². The van der Waals surface area contributed by atoms with Crippen LogP contribution in [0.5, 0.6) is 5.75 Å². The van der Waals surface area contributed by atoms with Crippen LogP contribution in [0.25, 0.3) is 21.8 Å². The third-order valence-corrected chi connectivity index (χ3v) is 8.37. The molecule has 5 rings (SSSR count). The first-order valence-electron chi connectivity index (χ1n) is 14.0. The smallest absolute Gasteiger partial charge is 0.332 e. The molecule has 0 fully saturated rings. The Labute approximate surface area is 284 Å². The van der Waals surface area contributed by atoms with E-state index in [1.54, 1.807) is 18.7 Å². The fraction of sp³-hybridized carbons (Fsp3) is 0.294. The number of carboxylic acids is 1. The predicted molar refractivity (Wildman–Crippen MR) is 177 cm³/mol. The van der Waals surface area contributed by atoms with Crippen molar-refractivity contribution in [2.75, 3.05) is 6.61 Å². The molecule has 0 aliphatic rings. The summed E-state index contributed by atoms with van der Waals surface area (Å²) < 4.78 is 14.2. The third-order valence-electron chi connectivity index (χ3n) is 6.85. The van der Waals surface area contributed by atoms with Gasteiger partial charge in [-0.15, -0.1) is 11.8 Å². The number of ether oxygens (including phenoxy) is 2. The van der Waals surface area contributed by atoms with Gasteiger partial charge in [0.1, 0.15) is 12.4 Å². The summed E-state index contributed by atoms with van der Waals surface area (Å²) in [6.07, 6.45) is -0.309. The molecule has 0 aliphatic carbocycles. The Hall–Kier alpha value is -2.52. The van der Waals surface area contributed by atoms with Crippen LogP contribution in [-0.4, -0.2) is 67.6 Å². The summed E-state index contributed by atoms with van der Waals surface area (Å²) >= 11 is 7.97. The van der Waals surface area contributed by atoms with Gasteiger partial charge in [-0.25, -0.2) is 9.78 Å². The van der Waals surface area contributed by atoms with Gasteiger partial charge >= 0.3 is 5.97 Å². The standard InChI is InChI=1S/C34H35ClN2O4S.Na/c1-22(33(38)39)40-18-17-31-32(42-34(2,3)4)28-19-27(41-21-26-14-11-24-7-5-6-8-29(24)36-26)15-16-30(28)37(31)20-23-9-12-25(35)13-10-23;/h5-16,19,22H,17-18,20-21H2,1-4H3,(H,38,39);. The van der Waals surface area contributed by atoms with Gasteiger partial charge in [-0.05, 0) is 55.0 Å². The SMILES string of the molecule is CC(OCCc1c(SC(C)(C)C)c2cc(OCc3ccc4ccccc4n3)ccc2n1Cc1ccc(Cl)cc1)C(=O)O.[Na]. The molecule has 3 aromatic carbocycles. The van der Waals surface area contributed by atoms with E-state index >= 15 is 0 Å². The van der Waals surface area contributed by atoms with Gasteiger partial charge in [-0.2, -0.15) is 0 Å². The number of aromatic nitrogens is 2. The van der Waals surface area contributed by atoms with Crippen molar-refractivity contribution in [1.82, 2.24) is 9.55 Å². The second-order valence-corrected chi connectivity index (χ2v) is 13.5. The van der Waals surface area contributed by atoms with E-state index in [1.165, 1.54) is 0 Å². The van der Waals surface area contributed by atoms with E-state index < -0.39 is 12.1 Å². The molecule has 0 saturated heterocycles. The van der Waals surface area contributed by atoms with Gasteiger partial charge < -0.3 is 19.1 Å². The molecule has 1 N–H and O–H groups in total. The molecule has 0 saturated carbocycles. The number of aliphatic carboxylic acids is 1. The minimum atomic E-state index is -0.969. The maximum absolute atomic E-state index is 11.4. The number of hydrogen-bond donors (Lipinski definition) is 1. The Morgan fingerprint density at radius 1 is 1.05 bits per heavy atom. The van der Waals surface area contributed by atoms with Crippen LogP contribution in [0.1, 0.15) is 44.6 Å². The van der Waals surface area contributed by atoms with Gasteiger partial charge in [0.05, 0.1) is 17.8 Å². The zero-order valence-electron chi connectivity index (χ0n) is 25.3. The second kappa shape index (κ2) is 14.5. The molecular weight excluding hydrogens is 591 g/mol. The van der Waals surface area contributed by atoms with Crippen molar-refractivity contribution in [3.8, 4) is 5.75 Å². The van der Waals surface area contributed by atoms with E-state index in [0.717, 1.165) is 49.4 Å². The largest absolute Gasteiger partial charge is 0.487 e. The molecule has 43 heavy (non-hydrogen) atoms. The van der Waals surface area contributed by atoms with Crippen LogP contribution in [0, 0.1) is 0 Å². The summed E-state index contributed by atoms with van der Waals surface area (Å²) in [5, 5.41) is 12.2. The van der Waals surface area contributed by atoms with Gasteiger partial charge in [0.25, 0.3) is 0 Å². The topological polar surface area (TPSA) is 73.6 Å². The van der Waals surface area contributed by atoms with Crippen molar-refractivity contribution in [1.29, 1.82) is 0 Å². The molecule has 1 unspecified atom stereocenters. The van der Waals surface area contributed by atoms with E-state index in [4.69, 9.17) is 26.1 Å². The summed E-state index contributed by atoms with van der Waals surface area (Å²) in [6, 6.07) is 26.2. The van der Waals surface area contributed by atoms with Crippen molar-refractivity contribution in [2.24, 2.45) is 0 Å². The quantitative estimate of drug-likeness (QED) is 0.118. The van der Waals surface area contributed by atoms with E-state index in [2.05, 4.69) is 49.6 Å². The van der Waals surface area contributed by atoms with Crippen LogP contribution < -0.4 is 4.74 Å². The maximum Gasteiger partial charge on any atom is 0.332 e. The summed E-state index contributed by atoms with van der Waals surface area (Å²) in [7, 11) is 0. The van der Waals surface area contributed by atoms with E-state index in [-0.39, 0.29) is 34.3 Å². The maximum atomic E-state index is 11.4. The number of pyridine rings is 1. The average molecular weight is 626 g/mol. The van der Waals surface area contributed by atoms with Crippen molar-refractivity contribution in [3.05, 3.63) is 101 Å². The van der Waals surface area contributed by atoms with Gasteiger partial charge in [-0.1, -0.05) is 68.8 Å². The number of carboxylic acid groups (broad SMARTS) is 1. The number of benzene rings is 3. The fourth-order valence-electron chi connectivity index (χ4n) is 4.82. The van der Waals surface area contributed by atoms with Crippen LogP contribution in [-0.2, 0) is 29.1 Å². The van der Waals surface area contributed by atoms with Crippen molar-refractivity contribution in [3.63, 3.8) is 0 Å². The number of para-hydroxylation sites is 1. The fourth-order valence-corrected chi connectivity index (χ4v) is 6.16. The molecule has 0 amide bonds. The Balaban J connectivity index is 0.00000423. The van der Waals surface area contributed by atoms with E-state index in [9.17, 15) is 9.90 Å². The Morgan fingerprint density at radius 2 is 1.79 bits per heavy atom. The number of fused-ring (bicyclic) bond motifs is 2. The Bertz CT molecular complexity index is 1720. The number of hydrogen-bond acceptors (Lipinski definition) is 5. The van der Waals surface area contributed by atoms with Gasteiger partial charge in [0, 0.05) is 79.2 Å². The molecule has 1 atom stereocenters. The zero-order valence-corrected chi connectivity index (χ0v) is 28.8. The van der Waals surface area contributed by atoms with Crippen LogP contribution in [0.4, 0.5) is 0 Å². The molecule has 0 aliphatic heterocycles. The van der Waals surface area contributed by atoms with Gasteiger partial charge in [0.15, 0.2) is 6.10 Å². The first kappa shape index (κ1) is 33.4. The number of nitrogens with zero attached hydrogens (tertiary/aromatic N) is 2. The molecule has 2 aromatic heterocycles. The minimum absolute atomic E-state index is 0. The normalized spacial score (nSPS) is 12.3. The third kappa shape index (κ3) is 8.56. The molecule has 0 bridgehead atoms. The summed E-state index contributed by atoms with van der Waals surface area (Å²) in [5.41, 5.74) is 5.11. The molecule has 9 heteroatoms. The van der Waals surface area contributed by atoms with Crippen LogP contribution >= 0.6 is 23.4 Å². The first-order chi connectivity index (χ1) is 20.1. The van der Waals surface area contributed by atoms with Crippen LogP contribution in [0.2, 0.25) is 5.02 Å². The Kier molecular flexibility index (Phi) is 11.3. The van der Waals surface area contributed by atoms with Gasteiger partial charge in [0.2, 0.25) is 0 Å². The predicted octanol–water partition coefficient (Wildman–Crippen LogP) is 8.01. The van der Waals surface area contributed by atoms with E-state index in [1.807, 2.05) is 54.6 Å². The van der Waals surface area contributed by atoms with Crippen molar-refractivity contribution >= 4 is 80.7 Å². The van der Waals surface area contributed by atoms with Crippen molar-refractivity contribution in [2.45, 2.75) is 63.0 Å². The molecule has 6 nitrogen and oxygen atoms in total. The molecule has 0 spiro atoms. The summed E-state index contributed by atoms with van der Waals surface area (Å²) in [4.78, 5) is 17.3. The van der Waals surface area contributed by atoms with Gasteiger partial charge in [-0.3, -0.25) is 0 Å².